The van der Waals surface area contributed by atoms with Crippen LogP contribution in [0, 0.1) is 0 Å². The van der Waals surface area contributed by atoms with E-state index in [1.54, 1.807) is 0 Å². The molecular formula is C15H29Cl. The molecule has 0 atom stereocenters. The summed E-state index contributed by atoms with van der Waals surface area (Å²) in [5, 5.41) is 1.08. The first-order chi connectivity index (χ1) is 7.81. The monoisotopic (exact) mass is 244 g/mol. The van der Waals surface area contributed by atoms with Crippen molar-refractivity contribution in [3.05, 3.63) is 11.1 Å². The third kappa shape index (κ3) is 12.1. The molecule has 0 amide bonds. The number of halogens is 1. The molecule has 0 aromatic rings. The molecule has 0 fully saturated rings. The lowest BCUT2D eigenvalue weighted by molar-refractivity contribution is 0.591. The molecule has 96 valence electrons. The Balaban J connectivity index is 3.18. The topological polar surface area (TPSA) is 0 Å². The molecule has 0 rings (SSSR count). The van der Waals surface area contributed by atoms with Gasteiger partial charge >= 0.3 is 0 Å². The van der Waals surface area contributed by atoms with Crippen LogP contribution in [0.1, 0.15) is 84.5 Å². The Hall–Kier alpha value is 0.0300. The number of hydrogen-bond acceptors (Lipinski definition) is 0. The minimum absolute atomic E-state index is 1.08. The van der Waals surface area contributed by atoms with Crippen LogP contribution in [0.3, 0.4) is 0 Å². The van der Waals surface area contributed by atoms with Gasteiger partial charge in [0.05, 0.1) is 0 Å². The Morgan fingerprint density at radius 2 is 1.38 bits per heavy atom. The van der Waals surface area contributed by atoms with Gasteiger partial charge in [0.15, 0.2) is 0 Å². The van der Waals surface area contributed by atoms with Crippen molar-refractivity contribution in [2.24, 2.45) is 0 Å². The van der Waals surface area contributed by atoms with Crippen LogP contribution >= 0.6 is 11.6 Å². The maximum atomic E-state index is 6.10. The molecule has 0 saturated heterocycles. The van der Waals surface area contributed by atoms with E-state index in [4.69, 9.17) is 11.6 Å². The molecule has 0 bridgehead atoms. The maximum absolute atomic E-state index is 6.10. The van der Waals surface area contributed by atoms with Gasteiger partial charge in [0.1, 0.15) is 0 Å². The minimum atomic E-state index is 1.08. The summed E-state index contributed by atoms with van der Waals surface area (Å²) in [5.41, 5.74) is 0. The first-order valence-electron chi connectivity index (χ1n) is 7.15. The molecule has 0 unspecified atom stereocenters. The Kier molecular flexibility index (Phi) is 13.1. The Labute approximate surface area is 107 Å². The summed E-state index contributed by atoms with van der Waals surface area (Å²) in [6.07, 6.45) is 16.6. The van der Waals surface area contributed by atoms with Crippen molar-refractivity contribution in [2.45, 2.75) is 84.5 Å². The average Bonchev–Trinajstić information content (AvgIpc) is 2.30. The normalized spacial score (nSPS) is 12.1. The van der Waals surface area contributed by atoms with Crippen molar-refractivity contribution in [1.82, 2.24) is 0 Å². The SMILES string of the molecule is CCCCCCCCCC=C(Cl)CCCC. The van der Waals surface area contributed by atoms with Gasteiger partial charge in [-0.25, -0.2) is 0 Å². The molecule has 0 aliphatic heterocycles. The molecule has 0 aliphatic rings. The fourth-order valence-electron chi connectivity index (χ4n) is 1.81. The van der Waals surface area contributed by atoms with Crippen molar-refractivity contribution >= 4 is 11.6 Å². The van der Waals surface area contributed by atoms with Crippen molar-refractivity contribution in [3.63, 3.8) is 0 Å². The Morgan fingerprint density at radius 1 is 0.812 bits per heavy atom. The number of unbranched alkanes of at least 4 members (excludes halogenated alkanes) is 8. The summed E-state index contributed by atoms with van der Waals surface area (Å²) in [6.45, 7) is 4.48. The second-order valence-corrected chi connectivity index (χ2v) is 5.15. The Bertz CT molecular complexity index is 161. The lowest BCUT2D eigenvalue weighted by Crippen LogP contribution is -1.80. The van der Waals surface area contributed by atoms with E-state index < -0.39 is 0 Å². The van der Waals surface area contributed by atoms with E-state index >= 15 is 0 Å². The van der Waals surface area contributed by atoms with Gasteiger partial charge in [-0.3, -0.25) is 0 Å². The zero-order valence-corrected chi connectivity index (χ0v) is 12.0. The van der Waals surface area contributed by atoms with Gasteiger partial charge < -0.3 is 0 Å². The molecule has 1 heteroatoms. The van der Waals surface area contributed by atoms with E-state index in [9.17, 15) is 0 Å². The first kappa shape index (κ1) is 16.0. The van der Waals surface area contributed by atoms with Crippen LogP contribution in [0.5, 0.6) is 0 Å². The average molecular weight is 245 g/mol. The number of hydrogen-bond donors (Lipinski definition) is 0. The molecule has 0 aliphatic carbocycles. The van der Waals surface area contributed by atoms with E-state index in [0.717, 1.165) is 11.5 Å². The highest BCUT2D eigenvalue weighted by molar-refractivity contribution is 6.29. The molecule has 0 aromatic carbocycles. The standard InChI is InChI=1S/C15H29Cl/c1-3-5-7-8-9-10-11-12-14-15(16)13-6-4-2/h14H,3-13H2,1-2H3. The fraction of sp³-hybridized carbons (Fsp3) is 0.867. The number of allylic oxidation sites excluding steroid dienone is 2. The predicted molar refractivity (Wildman–Crippen MR) is 76.1 cm³/mol. The van der Waals surface area contributed by atoms with Gasteiger partial charge in [0.2, 0.25) is 0 Å². The van der Waals surface area contributed by atoms with Gasteiger partial charge in [-0.15, -0.1) is 0 Å². The van der Waals surface area contributed by atoms with Crippen LogP contribution in [0.4, 0.5) is 0 Å². The van der Waals surface area contributed by atoms with E-state index in [0.29, 0.717) is 0 Å². The molecule has 16 heavy (non-hydrogen) atoms. The van der Waals surface area contributed by atoms with Gasteiger partial charge in [-0.1, -0.05) is 76.5 Å². The highest BCUT2D eigenvalue weighted by Gasteiger charge is 1.93. The quantitative estimate of drug-likeness (QED) is 0.367. The molecule has 0 spiro atoms. The van der Waals surface area contributed by atoms with Crippen LogP contribution in [-0.4, -0.2) is 0 Å². The van der Waals surface area contributed by atoms with E-state index in [2.05, 4.69) is 19.9 Å². The summed E-state index contributed by atoms with van der Waals surface area (Å²) >= 11 is 6.10. The van der Waals surface area contributed by atoms with Gasteiger partial charge in [-0.05, 0) is 25.7 Å². The highest BCUT2D eigenvalue weighted by Crippen LogP contribution is 2.14. The minimum Gasteiger partial charge on any atom is -0.0895 e. The van der Waals surface area contributed by atoms with Crippen molar-refractivity contribution in [2.75, 3.05) is 0 Å². The van der Waals surface area contributed by atoms with E-state index in [1.807, 2.05) is 0 Å². The van der Waals surface area contributed by atoms with Crippen molar-refractivity contribution in [3.8, 4) is 0 Å². The third-order valence-electron chi connectivity index (χ3n) is 2.94. The molecule has 0 N–H and O–H groups in total. The van der Waals surface area contributed by atoms with Gasteiger partial charge in [0, 0.05) is 5.03 Å². The fourth-order valence-corrected chi connectivity index (χ4v) is 2.05. The summed E-state index contributed by atoms with van der Waals surface area (Å²) in [5.74, 6) is 0. The summed E-state index contributed by atoms with van der Waals surface area (Å²) in [7, 11) is 0. The lowest BCUT2D eigenvalue weighted by atomic mass is 10.1. The second kappa shape index (κ2) is 13.1. The van der Waals surface area contributed by atoms with Crippen LogP contribution in [0.2, 0.25) is 0 Å². The third-order valence-corrected chi connectivity index (χ3v) is 3.29. The number of rotatable bonds is 11. The Morgan fingerprint density at radius 3 is 2.00 bits per heavy atom. The molecule has 0 saturated carbocycles. The zero-order valence-electron chi connectivity index (χ0n) is 11.2. The smallest absolute Gasteiger partial charge is 0.0141 e. The summed E-state index contributed by atoms with van der Waals surface area (Å²) < 4.78 is 0. The van der Waals surface area contributed by atoms with Crippen LogP contribution in [0.25, 0.3) is 0 Å². The van der Waals surface area contributed by atoms with Gasteiger partial charge in [0.25, 0.3) is 0 Å². The summed E-state index contributed by atoms with van der Waals surface area (Å²) in [4.78, 5) is 0. The highest BCUT2D eigenvalue weighted by atomic mass is 35.5. The first-order valence-corrected chi connectivity index (χ1v) is 7.53. The molecule has 0 aromatic heterocycles. The van der Waals surface area contributed by atoms with Gasteiger partial charge in [-0.2, -0.15) is 0 Å². The molecule has 0 heterocycles. The lowest BCUT2D eigenvalue weighted by Gasteiger charge is -2.00. The largest absolute Gasteiger partial charge is 0.0895 e. The zero-order chi connectivity index (χ0) is 12.1. The second-order valence-electron chi connectivity index (χ2n) is 4.66. The molecule has 0 nitrogen and oxygen atoms in total. The van der Waals surface area contributed by atoms with Crippen molar-refractivity contribution in [1.29, 1.82) is 0 Å². The van der Waals surface area contributed by atoms with Crippen LogP contribution < -0.4 is 0 Å². The van der Waals surface area contributed by atoms with E-state index in [1.165, 1.54) is 64.2 Å². The summed E-state index contributed by atoms with van der Waals surface area (Å²) in [6, 6.07) is 0. The van der Waals surface area contributed by atoms with Crippen molar-refractivity contribution < 1.29 is 0 Å². The van der Waals surface area contributed by atoms with Crippen LogP contribution in [0.15, 0.2) is 11.1 Å². The van der Waals surface area contributed by atoms with E-state index in [-0.39, 0.29) is 0 Å². The van der Waals surface area contributed by atoms with Crippen LogP contribution in [-0.2, 0) is 0 Å². The molecular weight excluding hydrogens is 216 g/mol. The predicted octanol–water partition coefficient (Wildman–Crippen LogP) is 6.44. The molecule has 0 radical (unpaired) electrons. The maximum Gasteiger partial charge on any atom is 0.0141 e.